The second-order valence-electron chi connectivity index (χ2n) is 4.68. The second-order valence-corrected chi connectivity index (χ2v) is 4.68. The number of hydrogen-bond donors (Lipinski definition) is 1. The minimum atomic E-state index is 0.356. The monoisotopic (exact) mass is 203 g/mol. The fraction of sp³-hybridized carbons (Fsp3) is 0.500. The Morgan fingerprint density at radius 2 is 1.67 bits per heavy atom. The van der Waals surface area contributed by atoms with Crippen LogP contribution >= 0.6 is 0 Å². The number of hydrogen-bond acceptors (Lipinski definition) is 1. The third-order valence-electron chi connectivity index (χ3n) is 2.93. The fourth-order valence-electron chi connectivity index (χ4n) is 1.55. The van der Waals surface area contributed by atoms with Crippen LogP contribution in [0.15, 0.2) is 24.3 Å². The van der Waals surface area contributed by atoms with E-state index < -0.39 is 0 Å². The maximum absolute atomic E-state index is 7.56. The van der Waals surface area contributed by atoms with Gasteiger partial charge in [-0.15, -0.1) is 0 Å². The lowest BCUT2D eigenvalue weighted by molar-refractivity contribution is 0.756. The lowest BCUT2D eigenvalue weighted by Gasteiger charge is -2.11. The van der Waals surface area contributed by atoms with Crippen molar-refractivity contribution in [2.45, 2.75) is 40.0 Å². The first-order valence-corrected chi connectivity index (χ1v) is 5.64. The van der Waals surface area contributed by atoms with Crippen LogP contribution in [-0.2, 0) is 6.42 Å². The summed E-state index contributed by atoms with van der Waals surface area (Å²) in [5.74, 6) is 0.954. The van der Waals surface area contributed by atoms with E-state index in [1.165, 1.54) is 11.1 Å². The zero-order chi connectivity index (χ0) is 11.4. The van der Waals surface area contributed by atoms with Crippen LogP contribution in [0.25, 0.3) is 0 Å². The molecule has 1 rings (SSSR count). The first-order valence-electron chi connectivity index (χ1n) is 5.64. The van der Waals surface area contributed by atoms with Gasteiger partial charge in [0.2, 0.25) is 0 Å². The highest BCUT2D eigenvalue weighted by atomic mass is 14.4. The lowest BCUT2D eigenvalue weighted by Crippen LogP contribution is -2.08. The molecule has 0 amide bonds. The number of nitrogens with one attached hydrogen (secondary N) is 1. The molecule has 1 atom stereocenters. The normalized spacial score (nSPS) is 12.9. The summed E-state index contributed by atoms with van der Waals surface area (Å²) in [4.78, 5) is 0. The summed E-state index contributed by atoms with van der Waals surface area (Å²) in [5.41, 5.74) is 3.49. The Labute approximate surface area is 93.0 Å². The maximum atomic E-state index is 7.56. The Balaban J connectivity index is 2.68. The van der Waals surface area contributed by atoms with Crippen molar-refractivity contribution in [3.05, 3.63) is 35.4 Å². The van der Waals surface area contributed by atoms with Crippen molar-refractivity contribution in [1.82, 2.24) is 0 Å². The van der Waals surface area contributed by atoms with E-state index in [2.05, 4.69) is 45.0 Å². The molecule has 0 aromatic heterocycles. The summed E-state index contributed by atoms with van der Waals surface area (Å²) in [6.07, 6.45) is 0.980. The Morgan fingerprint density at radius 1 is 1.13 bits per heavy atom. The van der Waals surface area contributed by atoms with Crippen LogP contribution < -0.4 is 0 Å². The van der Waals surface area contributed by atoms with Crippen molar-refractivity contribution >= 4 is 5.71 Å². The number of rotatable bonds is 4. The van der Waals surface area contributed by atoms with Gasteiger partial charge in [0.25, 0.3) is 0 Å². The summed E-state index contributed by atoms with van der Waals surface area (Å²) < 4.78 is 0. The van der Waals surface area contributed by atoms with Crippen LogP contribution in [0.4, 0.5) is 0 Å². The van der Waals surface area contributed by atoms with Gasteiger partial charge in [0.05, 0.1) is 0 Å². The molecule has 0 fully saturated rings. The highest BCUT2D eigenvalue weighted by Gasteiger charge is 2.06. The molecule has 0 heterocycles. The lowest BCUT2D eigenvalue weighted by atomic mass is 9.95. The second kappa shape index (κ2) is 5.11. The van der Waals surface area contributed by atoms with Crippen molar-refractivity contribution in [1.29, 1.82) is 5.41 Å². The predicted molar refractivity (Wildman–Crippen MR) is 66.8 cm³/mol. The highest BCUT2D eigenvalue weighted by Crippen LogP contribution is 2.16. The van der Waals surface area contributed by atoms with Crippen molar-refractivity contribution in [2.24, 2.45) is 5.92 Å². The molecule has 1 unspecified atom stereocenters. The smallest absolute Gasteiger partial charge is 0.00896 e. The first-order chi connectivity index (χ1) is 7.00. The van der Waals surface area contributed by atoms with Crippen LogP contribution in [-0.4, -0.2) is 5.71 Å². The SMILES string of the molecule is CC(=N)C(C)Cc1ccc(C(C)C)cc1. The zero-order valence-electron chi connectivity index (χ0n) is 10.2. The standard InChI is InChI=1S/C14H21N/c1-10(2)14-7-5-13(6-8-14)9-11(3)12(4)15/h5-8,10-11,15H,9H2,1-4H3. The van der Waals surface area contributed by atoms with Crippen molar-refractivity contribution in [2.75, 3.05) is 0 Å². The summed E-state index contributed by atoms with van der Waals surface area (Å²) >= 11 is 0. The van der Waals surface area contributed by atoms with Gasteiger partial charge in [-0.25, -0.2) is 0 Å². The van der Waals surface area contributed by atoms with E-state index in [1.807, 2.05) is 6.92 Å². The molecule has 1 heteroatoms. The summed E-state index contributed by atoms with van der Waals surface area (Å²) in [6.45, 7) is 8.41. The predicted octanol–water partition coefficient (Wildman–Crippen LogP) is 4.03. The maximum Gasteiger partial charge on any atom is 0.00896 e. The molecule has 0 saturated heterocycles. The van der Waals surface area contributed by atoms with Crippen LogP contribution in [0.2, 0.25) is 0 Å². The van der Waals surface area contributed by atoms with Gasteiger partial charge in [-0.05, 0) is 36.3 Å². The van der Waals surface area contributed by atoms with E-state index in [9.17, 15) is 0 Å². The molecule has 1 aromatic carbocycles. The van der Waals surface area contributed by atoms with E-state index in [0.717, 1.165) is 12.1 Å². The third-order valence-corrected chi connectivity index (χ3v) is 2.93. The molecule has 1 nitrogen and oxygen atoms in total. The largest absolute Gasteiger partial charge is 0.310 e. The van der Waals surface area contributed by atoms with Gasteiger partial charge in [0.1, 0.15) is 0 Å². The molecule has 15 heavy (non-hydrogen) atoms. The molecule has 0 aliphatic rings. The van der Waals surface area contributed by atoms with E-state index in [1.54, 1.807) is 0 Å². The highest BCUT2D eigenvalue weighted by molar-refractivity contribution is 5.81. The molecule has 0 aliphatic carbocycles. The molecule has 1 N–H and O–H groups in total. The van der Waals surface area contributed by atoms with Gasteiger partial charge in [0, 0.05) is 5.71 Å². The fourth-order valence-corrected chi connectivity index (χ4v) is 1.55. The van der Waals surface area contributed by atoms with Crippen molar-refractivity contribution in [3.8, 4) is 0 Å². The molecular weight excluding hydrogens is 182 g/mol. The summed E-state index contributed by atoms with van der Waals surface area (Å²) in [5, 5.41) is 7.56. The quantitative estimate of drug-likeness (QED) is 0.714. The van der Waals surface area contributed by atoms with Crippen LogP contribution in [0.3, 0.4) is 0 Å². The van der Waals surface area contributed by atoms with Gasteiger partial charge in [0.15, 0.2) is 0 Å². The Hall–Kier alpha value is -1.11. The molecule has 0 bridgehead atoms. The zero-order valence-corrected chi connectivity index (χ0v) is 10.2. The van der Waals surface area contributed by atoms with E-state index in [4.69, 9.17) is 5.41 Å². The average Bonchev–Trinajstić information content (AvgIpc) is 2.18. The van der Waals surface area contributed by atoms with Gasteiger partial charge in [-0.3, -0.25) is 0 Å². The molecule has 0 aliphatic heterocycles. The molecule has 0 radical (unpaired) electrons. The van der Waals surface area contributed by atoms with E-state index >= 15 is 0 Å². The minimum absolute atomic E-state index is 0.356. The molecule has 0 saturated carbocycles. The topological polar surface area (TPSA) is 23.9 Å². The van der Waals surface area contributed by atoms with Gasteiger partial charge < -0.3 is 5.41 Å². The Bertz CT molecular complexity index is 322. The van der Waals surface area contributed by atoms with Crippen LogP contribution in [0.5, 0.6) is 0 Å². The average molecular weight is 203 g/mol. The van der Waals surface area contributed by atoms with Gasteiger partial charge in [-0.2, -0.15) is 0 Å². The third kappa shape index (κ3) is 3.50. The molecular formula is C14H21N. The summed E-state index contributed by atoms with van der Waals surface area (Å²) in [7, 11) is 0. The van der Waals surface area contributed by atoms with Crippen molar-refractivity contribution < 1.29 is 0 Å². The Morgan fingerprint density at radius 3 is 2.07 bits per heavy atom. The van der Waals surface area contributed by atoms with Crippen LogP contribution in [0, 0.1) is 11.3 Å². The summed E-state index contributed by atoms with van der Waals surface area (Å²) in [6, 6.07) is 8.78. The first kappa shape index (κ1) is 12.0. The molecule has 0 spiro atoms. The van der Waals surface area contributed by atoms with Crippen LogP contribution in [0.1, 0.15) is 44.7 Å². The van der Waals surface area contributed by atoms with Gasteiger partial charge in [-0.1, -0.05) is 45.0 Å². The molecule has 82 valence electrons. The van der Waals surface area contributed by atoms with Gasteiger partial charge >= 0.3 is 0 Å². The Kier molecular flexibility index (Phi) is 4.07. The molecule has 1 aromatic rings. The van der Waals surface area contributed by atoms with E-state index in [0.29, 0.717) is 11.8 Å². The number of benzene rings is 1. The van der Waals surface area contributed by atoms with E-state index in [-0.39, 0.29) is 0 Å². The van der Waals surface area contributed by atoms with Crippen molar-refractivity contribution in [3.63, 3.8) is 0 Å². The minimum Gasteiger partial charge on any atom is -0.310 e.